The third-order valence-corrected chi connectivity index (χ3v) is 1.25. The Bertz CT molecular complexity index is 129. The van der Waals surface area contributed by atoms with Crippen molar-refractivity contribution in [3.05, 3.63) is 12.2 Å². The lowest BCUT2D eigenvalue weighted by atomic mass is 10.1. The third kappa shape index (κ3) is 5.51. The van der Waals surface area contributed by atoms with Crippen molar-refractivity contribution >= 4 is 5.78 Å². The maximum Gasteiger partial charge on any atom is 0.134 e. The summed E-state index contributed by atoms with van der Waals surface area (Å²) >= 11 is 0. The van der Waals surface area contributed by atoms with E-state index in [0.717, 1.165) is 12.0 Å². The number of rotatable bonds is 5. The van der Waals surface area contributed by atoms with Gasteiger partial charge >= 0.3 is 0 Å². The lowest BCUT2D eigenvalue weighted by Gasteiger charge is -1.96. The second kappa shape index (κ2) is 5.18. The monoisotopic (exact) mass is 141 g/mol. The average Bonchev–Trinajstić information content (AvgIpc) is 1.85. The zero-order chi connectivity index (χ0) is 7.98. The number of ketones is 1. The first kappa shape index (κ1) is 9.37. The first-order chi connectivity index (χ1) is 4.66. The number of Topliss-reactive ketones (excluding diaryl/α,β-unsaturated/α-hetero) is 1. The second-order valence-corrected chi connectivity index (χ2v) is 2.53. The van der Waals surface area contributed by atoms with E-state index < -0.39 is 0 Å². The summed E-state index contributed by atoms with van der Waals surface area (Å²) in [6, 6.07) is 0. The fraction of sp³-hybridized carbons (Fsp3) is 0.625. The summed E-state index contributed by atoms with van der Waals surface area (Å²) in [5.74, 6) is 0.241. The molecule has 0 saturated heterocycles. The molecular weight excluding hydrogens is 126 g/mol. The van der Waals surface area contributed by atoms with E-state index in [4.69, 9.17) is 5.73 Å². The van der Waals surface area contributed by atoms with Gasteiger partial charge in [-0.2, -0.15) is 0 Å². The Morgan fingerprint density at radius 1 is 1.40 bits per heavy atom. The molecule has 0 fully saturated rings. The first-order valence-electron chi connectivity index (χ1n) is 3.53. The van der Waals surface area contributed by atoms with Crippen molar-refractivity contribution in [2.24, 2.45) is 5.73 Å². The first-order valence-corrected chi connectivity index (χ1v) is 3.53. The zero-order valence-electron chi connectivity index (χ0n) is 6.52. The summed E-state index contributed by atoms with van der Waals surface area (Å²) in [6.07, 6.45) is 1.92. The van der Waals surface area contributed by atoms with Gasteiger partial charge in [0.25, 0.3) is 0 Å². The molecule has 0 heterocycles. The molecule has 0 atom stereocenters. The fourth-order valence-electron chi connectivity index (χ4n) is 0.639. The summed E-state index contributed by atoms with van der Waals surface area (Å²) in [5, 5.41) is 0. The smallest absolute Gasteiger partial charge is 0.134 e. The van der Waals surface area contributed by atoms with Crippen LogP contribution in [0.4, 0.5) is 0 Å². The Kier molecular flexibility index (Phi) is 4.85. The Morgan fingerprint density at radius 3 is 2.40 bits per heavy atom. The molecule has 0 aliphatic carbocycles. The number of hydrogen-bond acceptors (Lipinski definition) is 2. The molecule has 0 aromatic carbocycles. The van der Waals surface area contributed by atoms with Crippen LogP contribution in [0, 0.1) is 0 Å². The van der Waals surface area contributed by atoms with Gasteiger partial charge in [0.2, 0.25) is 0 Å². The second-order valence-electron chi connectivity index (χ2n) is 2.53. The summed E-state index contributed by atoms with van der Waals surface area (Å²) in [5.41, 5.74) is 6.25. The van der Waals surface area contributed by atoms with E-state index in [2.05, 4.69) is 6.58 Å². The van der Waals surface area contributed by atoms with Gasteiger partial charge in [-0.1, -0.05) is 5.57 Å². The number of nitrogens with two attached hydrogens (primary N) is 1. The molecule has 0 saturated carbocycles. The van der Waals surface area contributed by atoms with Crippen LogP contribution in [-0.4, -0.2) is 12.3 Å². The molecule has 0 radical (unpaired) electrons. The largest absolute Gasteiger partial charge is 0.330 e. The molecule has 2 N–H and O–H groups in total. The van der Waals surface area contributed by atoms with E-state index in [1.54, 1.807) is 0 Å². The number of carbonyl (C=O) groups is 1. The highest BCUT2D eigenvalue weighted by Gasteiger charge is 1.98. The number of hydrogen-bond donors (Lipinski definition) is 1. The molecule has 10 heavy (non-hydrogen) atoms. The minimum absolute atomic E-state index is 0.241. The van der Waals surface area contributed by atoms with Crippen LogP contribution in [0.2, 0.25) is 0 Å². The number of carbonyl (C=O) groups excluding carboxylic acids is 1. The highest BCUT2D eigenvalue weighted by Crippen LogP contribution is 2.01. The Morgan fingerprint density at radius 2 is 2.00 bits per heavy atom. The maximum absolute atomic E-state index is 10.8. The van der Waals surface area contributed by atoms with Crippen molar-refractivity contribution < 1.29 is 4.79 Å². The predicted molar refractivity (Wildman–Crippen MR) is 42.7 cm³/mol. The van der Waals surface area contributed by atoms with Crippen LogP contribution >= 0.6 is 0 Å². The van der Waals surface area contributed by atoms with E-state index in [-0.39, 0.29) is 5.78 Å². The molecule has 0 rings (SSSR count). The van der Waals surface area contributed by atoms with Crippen molar-refractivity contribution in [3.63, 3.8) is 0 Å². The van der Waals surface area contributed by atoms with Crippen LogP contribution in [0.3, 0.4) is 0 Å². The van der Waals surface area contributed by atoms with Crippen LogP contribution in [0.1, 0.15) is 26.2 Å². The molecule has 0 aromatic rings. The predicted octanol–water partition coefficient (Wildman–Crippen LogP) is 1.26. The minimum atomic E-state index is 0.241. The Balaban J connectivity index is 3.30. The van der Waals surface area contributed by atoms with Crippen LogP contribution < -0.4 is 5.73 Å². The van der Waals surface area contributed by atoms with E-state index in [1.807, 2.05) is 6.92 Å². The minimum Gasteiger partial charge on any atom is -0.330 e. The third-order valence-electron chi connectivity index (χ3n) is 1.25. The molecule has 2 nitrogen and oxygen atoms in total. The Labute approximate surface area is 62.1 Å². The van der Waals surface area contributed by atoms with Crippen LogP contribution in [0.25, 0.3) is 0 Å². The topological polar surface area (TPSA) is 43.1 Å². The van der Waals surface area contributed by atoms with E-state index in [0.29, 0.717) is 19.4 Å². The lowest BCUT2D eigenvalue weighted by molar-refractivity contribution is -0.118. The van der Waals surface area contributed by atoms with E-state index >= 15 is 0 Å². The van der Waals surface area contributed by atoms with Gasteiger partial charge < -0.3 is 5.73 Å². The van der Waals surface area contributed by atoms with Gasteiger partial charge in [0, 0.05) is 12.8 Å². The molecule has 0 unspecified atom stereocenters. The van der Waals surface area contributed by atoms with Crippen molar-refractivity contribution in [2.75, 3.05) is 6.54 Å². The SMILES string of the molecule is C=C(C)CCC(=O)CCN. The van der Waals surface area contributed by atoms with Crippen LogP contribution in [-0.2, 0) is 4.79 Å². The van der Waals surface area contributed by atoms with E-state index in [9.17, 15) is 4.79 Å². The van der Waals surface area contributed by atoms with Crippen LogP contribution in [0.15, 0.2) is 12.2 Å². The molecule has 0 spiro atoms. The van der Waals surface area contributed by atoms with Crippen LogP contribution in [0.5, 0.6) is 0 Å². The molecular formula is C8H15NO. The molecule has 2 heteroatoms. The van der Waals surface area contributed by atoms with Gasteiger partial charge in [0.15, 0.2) is 0 Å². The lowest BCUT2D eigenvalue weighted by Crippen LogP contribution is -2.07. The summed E-state index contributed by atoms with van der Waals surface area (Å²) in [7, 11) is 0. The van der Waals surface area contributed by atoms with Crippen molar-refractivity contribution in [1.82, 2.24) is 0 Å². The van der Waals surface area contributed by atoms with Gasteiger partial charge in [-0.15, -0.1) is 6.58 Å². The quantitative estimate of drug-likeness (QED) is 0.586. The van der Waals surface area contributed by atoms with Gasteiger partial charge in [-0.05, 0) is 19.9 Å². The van der Waals surface area contributed by atoms with Crippen molar-refractivity contribution in [3.8, 4) is 0 Å². The molecule has 0 aliphatic heterocycles. The summed E-state index contributed by atoms with van der Waals surface area (Å²) in [4.78, 5) is 10.8. The highest BCUT2D eigenvalue weighted by molar-refractivity contribution is 5.78. The van der Waals surface area contributed by atoms with Crippen molar-refractivity contribution in [2.45, 2.75) is 26.2 Å². The maximum atomic E-state index is 10.8. The molecule has 0 amide bonds. The normalized spacial score (nSPS) is 9.40. The standard InChI is InChI=1S/C8H15NO/c1-7(2)3-4-8(10)5-6-9/h1,3-6,9H2,2H3. The average molecular weight is 141 g/mol. The highest BCUT2D eigenvalue weighted by atomic mass is 16.1. The van der Waals surface area contributed by atoms with E-state index in [1.165, 1.54) is 0 Å². The zero-order valence-corrected chi connectivity index (χ0v) is 6.52. The van der Waals surface area contributed by atoms with Gasteiger partial charge in [0.05, 0.1) is 0 Å². The van der Waals surface area contributed by atoms with Crippen molar-refractivity contribution in [1.29, 1.82) is 0 Å². The summed E-state index contributed by atoms with van der Waals surface area (Å²) in [6.45, 7) is 6.10. The molecule has 0 bridgehead atoms. The number of allylic oxidation sites excluding steroid dienone is 1. The van der Waals surface area contributed by atoms with Gasteiger partial charge in [-0.25, -0.2) is 0 Å². The van der Waals surface area contributed by atoms with Gasteiger partial charge in [-0.3, -0.25) is 4.79 Å². The van der Waals surface area contributed by atoms with Gasteiger partial charge in [0.1, 0.15) is 5.78 Å². The summed E-state index contributed by atoms with van der Waals surface area (Å²) < 4.78 is 0. The fourth-order valence-corrected chi connectivity index (χ4v) is 0.639. The molecule has 58 valence electrons. The molecule has 0 aromatic heterocycles. The Hall–Kier alpha value is -0.630. The molecule has 0 aliphatic rings.